The molecular weight excluding hydrogens is 492 g/mol. The highest BCUT2D eigenvalue weighted by Crippen LogP contribution is 2.36. The Morgan fingerprint density at radius 1 is 1.03 bits per heavy atom. The molecule has 3 aromatic carbocycles. The topological polar surface area (TPSA) is 90.6 Å². The summed E-state index contributed by atoms with van der Waals surface area (Å²) in [5, 5.41) is 8.57. The summed E-state index contributed by atoms with van der Waals surface area (Å²) in [5.74, 6) is 1.38. The quantitative estimate of drug-likeness (QED) is 0.390. The van der Waals surface area contributed by atoms with Gasteiger partial charge in [-0.2, -0.15) is 0 Å². The summed E-state index contributed by atoms with van der Waals surface area (Å²) >= 11 is 3.63. The Morgan fingerprint density at radius 3 is 2.44 bits per heavy atom. The van der Waals surface area contributed by atoms with Crippen LogP contribution in [-0.4, -0.2) is 22.1 Å². The average Bonchev–Trinajstić information content (AvgIpc) is 2.76. The van der Waals surface area contributed by atoms with Crippen LogP contribution < -0.4 is 19.9 Å². The van der Waals surface area contributed by atoms with Gasteiger partial charge in [0.05, 0.1) is 12.0 Å². The molecule has 0 aliphatic carbocycles. The van der Waals surface area contributed by atoms with Crippen LogP contribution in [-0.2, 0) is 29.6 Å². The molecule has 3 rings (SSSR count). The van der Waals surface area contributed by atoms with Gasteiger partial charge in [-0.3, -0.25) is 0 Å². The molecule has 0 aromatic heterocycles. The third-order valence-electron chi connectivity index (χ3n) is 5.00. The van der Waals surface area contributed by atoms with E-state index in [1.165, 1.54) is 17.7 Å². The van der Waals surface area contributed by atoms with Crippen LogP contribution in [0.1, 0.15) is 22.3 Å². The summed E-state index contributed by atoms with van der Waals surface area (Å²) in [4.78, 5) is 0.116. The number of halogens is 1. The zero-order valence-electron chi connectivity index (χ0n) is 18.1. The van der Waals surface area contributed by atoms with Gasteiger partial charge in [-0.1, -0.05) is 57.9 Å². The first-order valence-corrected chi connectivity index (χ1v) is 12.5. The highest BCUT2D eigenvalue weighted by atomic mass is 79.9. The molecule has 3 N–H and O–H groups in total. The Labute approximate surface area is 197 Å². The number of hydrogen-bond acceptors (Lipinski definition) is 5. The number of primary sulfonamides is 1. The lowest BCUT2D eigenvalue weighted by Gasteiger charge is -2.17. The number of hydrogen-bond donors (Lipinski definition) is 2. The Hall–Kier alpha value is -2.39. The predicted octanol–water partition coefficient (Wildman–Crippen LogP) is 4.32. The largest absolute Gasteiger partial charge is 0.493 e. The van der Waals surface area contributed by atoms with E-state index in [0.29, 0.717) is 31.2 Å². The van der Waals surface area contributed by atoms with Gasteiger partial charge in [0.25, 0.3) is 0 Å². The van der Waals surface area contributed by atoms with E-state index in [9.17, 15) is 8.42 Å². The highest BCUT2D eigenvalue weighted by Gasteiger charge is 2.15. The second-order valence-corrected chi connectivity index (χ2v) is 9.87. The normalized spacial score (nSPS) is 11.4. The van der Waals surface area contributed by atoms with Crippen LogP contribution in [0.25, 0.3) is 0 Å². The molecule has 0 spiro atoms. The van der Waals surface area contributed by atoms with Crippen LogP contribution in [0, 0.1) is 6.92 Å². The second-order valence-electron chi connectivity index (χ2n) is 7.45. The lowest BCUT2D eigenvalue weighted by atomic mass is 10.1. The van der Waals surface area contributed by atoms with E-state index in [4.69, 9.17) is 14.6 Å². The van der Waals surface area contributed by atoms with Crippen molar-refractivity contribution in [1.82, 2.24) is 5.32 Å². The zero-order chi connectivity index (χ0) is 23.1. The number of nitrogens with two attached hydrogens (primary N) is 1. The van der Waals surface area contributed by atoms with Crippen molar-refractivity contribution in [2.24, 2.45) is 5.14 Å². The van der Waals surface area contributed by atoms with Crippen molar-refractivity contribution in [1.29, 1.82) is 0 Å². The van der Waals surface area contributed by atoms with Crippen molar-refractivity contribution in [2.45, 2.75) is 31.4 Å². The molecule has 0 unspecified atom stereocenters. The van der Waals surface area contributed by atoms with Crippen LogP contribution in [0.3, 0.4) is 0 Å². The zero-order valence-corrected chi connectivity index (χ0v) is 20.5. The molecule has 8 heteroatoms. The van der Waals surface area contributed by atoms with Crippen LogP contribution in [0.2, 0.25) is 0 Å². The van der Waals surface area contributed by atoms with Crippen molar-refractivity contribution in [3.63, 3.8) is 0 Å². The molecule has 0 amide bonds. The number of sulfonamides is 1. The van der Waals surface area contributed by atoms with Crippen LogP contribution in [0.4, 0.5) is 0 Å². The van der Waals surface area contributed by atoms with Crippen LogP contribution in [0.15, 0.2) is 70.0 Å². The van der Waals surface area contributed by atoms with Gasteiger partial charge in [0.2, 0.25) is 10.0 Å². The van der Waals surface area contributed by atoms with E-state index in [1.807, 2.05) is 24.3 Å². The molecule has 3 aromatic rings. The summed E-state index contributed by atoms with van der Waals surface area (Å²) in [6.45, 7) is 3.78. The first-order chi connectivity index (χ1) is 15.3. The number of aryl methyl sites for hydroxylation is 1. The molecule has 6 nitrogen and oxygen atoms in total. The van der Waals surface area contributed by atoms with E-state index in [2.05, 4.69) is 40.3 Å². The molecule has 0 fully saturated rings. The van der Waals surface area contributed by atoms with E-state index >= 15 is 0 Å². The predicted molar refractivity (Wildman–Crippen MR) is 129 cm³/mol. The summed E-state index contributed by atoms with van der Waals surface area (Å²) in [7, 11) is -2.04. The number of methoxy groups -OCH3 is 1. The molecule has 0 aliphatic rings. The Bertz CT molecular complexity index is 1170. The van der Waals surface area contributed by atoms with Gasteiger partial charge in [-0.05, 0) is 55.3 Å². The monoisotopic (exact) mass is 518 g/mol. The fourth-order valence-electron chi connectivity index (χ4n) is 3.32. The molecule has 0 bridgehead atoms. The molecule has 0 radical (unpaired) electrons. The van der Waals surface area contributed by atoms with E-state index in [0.717, 1.165) is 27.6 Å². The van der Waals surface area contributed by atoms with Crippen molar-refractivity contribution < 1.29 is 17.9 Å². The Balaban J connectivity index is 1.65. The third-order valence-corrected chi connectivity index (χ3v) is 6.67. The number of benzene rings is 3. The third kappa shape index (κ3) is 6.56. The maximum Gasteiger partial charge on any atom is 0.238 e. The van der Waals surface area contributed by atoms with Gasteiger partial charge in [0, 0.05) is 16.6 Å². The average molecular weight is 519 g/mol. The Kier molecular flexibility index (Phi) is 8.31. The van der Waals surface area contributed by atoms with Gasteiger partial charge in [-0.25, -0.2) is 13.6 Å². The van der Waals surface area contributed by atoms with E-state index in [-0.39, 0.29) is 4.90 Å². The fraction of sp³-hybridized carbons (Fsp3) is 0.250. The number of rotatable bonds is 10. The van der Waals surface area contributed by atoms with Crippen LogP contribution in [0.5, 0.6) is 11.5 Å². The molecule has 32 heavy (non-hydrogen) atoms. The van der Waals surface area contributed by atoms with Gasteiger partial charge in [-0.15, -0.1) is 0 Å². The Morgan fingerprint density at radius 2 is 1.78 bits per heavy atom. The number of nitrogens with one attached hydrogen (secondary N) is 1. The van der Waals surface area contributed by atoms with Gasteiger partial charge < -0.3 is 14.8 Å². The lowest BCUT2D eigenvalue weighted by Crippen LogP contribution is -2.18. The number of ether oxygens (including phenoxy) is 2. The maximum atomic E-state index is 11.4. The smallest absolute Gasteiger partial charge is 0.238 e. The molecule has 0 saturated carbocycles. The van der Waals surface area contributed by atoms with Gasteiger partial charge in [0.1, 0.15) is 6.61 Å². The summed E-state index contributed by atoms with van der Waals surface area (Å²) < 4.78 is 35.4. The van der Waals surface area contributed by atoms with Crippen molar-refractivity contribution >= 4 is 26.0 Å². The summed E-state index contributed by atoms with van der Waals surface area (Å²) in [5.41, 5.74) is 4.27. The second kappa shape index (κ2) is 11.0. The van der Waals surface area contributed by atoms with Crippen molar-refractivity contribution in [3.8, 4) is 11.5 Å². The van der Waals surface area contributed by atoms with Crippen molar-refractivity contribution in [2.75, 3.05) is 13.7 Å². The van der Waals surface area contributed by atoms with Gasteiger partial charge >= 0.3 is 0 Å². The van der Waals surface area contributed by atoms with Crippen LogP contribution >= 0.6 is 15.9 Å². The van der Waals surface area contributed by atoms with Crippen molar-refractivity contribution in [3.05, 3.63) is 87.4 Å². The molecular formula is C24H27BrN2O4S. The fourth-order valence-corrected chi connectivity index (χ4v) is 4.28. The molecule has 0 atom stereocenters. The summed E-state index contributed by atoms with van der Waals surface area (Å²) in [6, 6.07) is 18.7. The van der Waals surface area contributed by atoms with Gasteiger partial charge in [0.15, 0.2) is 11.5 Å². The van der Waals surface area contributed by atoms with E-state index in [1.54, 1.807) is 19.2 Å². The minimum atomic E-state index is -3.67. The first kappa shape index (κ1) is 24.3. The maximum absolute atomic E-state index is 11.4. The lowest BCUT2D eigenvalue weighted by molar-refractivity contribution is 0.280. The van der Waals surface area contributed by atoms with E-state index < -0.39 is 10.0 Å². The minimum Gasteiger partial charge on any atom is -0.493 e. The minimum absolute atomic E-state index is 0.116. The highest BCUT2D eigenvalue weighted by molar-refractivity contribution is 9.10. The standard InChI is InChI=1S/C24H27BrN2O4S/c1-17-4-3-5-19(14-17)16-31-24-21(22(25)10-11-23(24)30-2)15-27-13-12-18-6-8-20(9-7-18)32(26,28)29/h3-11,14,27H,12-13,15-16H2,1-2H3,(H2,26,28,29). The summed E-state index contributed by atoms with van der Waals surface area (Å²) in [6.07, 6.45) is 0.742. The molecule has 170 valence electrons. The SMILES string of the molecule is COc1ccc(Br)c(CNCCc2ccc(S(N)(=O)=O)cc2)c1OCc1cccc(C)c1. The molecule has 0 heterocycles. The molecule has 0 saturated heterocycles. The first-order valence-electron chi connectivity index (χ1n) is 10.1. The molecule has 0 aliphatic heterocycles.